The maximum absolute atomic E-state index is 11.9. The Balaban J connectivity index is 1.54. The van der Waals surface area contributed by atoms with Crippen LogP contribution in [0.5, 0.6) is 5.75 Å². The summed E-state index contributed by atoms with van der Waals surface area (Å²) in [6.07, 6.45) is 0.296. The van der Waals surface area contributed by atoms with Crippen LogP contribution in [0.15, 0.2) is 53.0 Å². The highest BCUT2D eigenvalue weighted by atomic mass is 79.9. The third-order valence-electron chi connectivity index (χ3n) is 3.50. The molecule has 0 fully saturated rings. The lowest BCUT2D eigenvalue weighted by atomic mass is 10.0. The van der Waals surface area contributed by atoms with Gasteiger partial charge in [-0.1, -0.05) is 52.3 Å². The minimum absolute atomic E-state index is 0.0885. The van der Waals surface area contributed by atoms with Gasteiger partial charge in [0.05, 0.1) is 6.04 Å². The van der Waals surface area contributed by atoms with Crippen molar-refractivity contribution in [1.29, 1.82) is 0 Å². The van der Waals surface area contributed by atoms with Crippen LogP contribution in [0.2, 0.25) is 0 Å². The van der Waals surface area contributed by atoms with E-state index in [4.69, 9.17) is 9.47 Å². The molecule has 5 heteroatoms. The van der Waals surface area contributed by atoms with Gasteiger partial charge in [-0.2, -0.15) is 0 Å². The summed E-state index contributed by atoms with van der Waals surface area (Å²) in [5.41, 5.74) is 2.03. The summed E-state index contributed by atoms with van der Waals surface area (Å²) >= 11 is 3.51. The first-order valence-corrected chi connectivity index (χ1v) is 7.89. The van der Waals surface area contributed by atoms with E-state index in [-0.39, 0.29) is 12.6 Å². The molecule has 1 aliphatic rings. The maximum Gasteiger partial charge on any atom is 0.407 e. The smallest absolute Gasteiger partial charge is 0.407 e. The molecular formula is C17H16BrNO3. The molecule has 0 saturated carbocycles. The minimum Gasteiger partial charge on any atom is -0.491 e. The minimum atomic E-state index is -0.423. The molecule has 0 radical (unpaired) electrons. The van der Waals surface area contributed by atoms with Crippen molar-refractivity contribution >= 4 is 22.0 Å². The van der Waals surface area contributed by atoms with Gasteiger partial charge in [-0.15, -0.1) is 0 Å². The quantitative estimate of drug-likeness (QED) is 0.906. The summed E-state index contributed by atoms with van der Waals surface area (Å²) in [6, 6.07) is 15.4. The van der Waals surface area contributed by atoms with Gasteiger partial charge in [0.25, 0.3) is 0 Å². The number of fused-ring (bicyclic) bond motifs is 1. The number of benzene rings is 2. The van der Waals surface area contributed by atoms with E-state index in [2.05, 4.69) is 21.2 Å². The molecule has 0 bridgehead atoms. The molecule has 0 aliphatic carbocycles. The summed E-state index contributed by atoms with van der Waals surface area (Å²) in [6.45, 7) is 0.713. The first-order valence-electron chi connectivity index (χ1n) is 7.10. The molecule has 1 atom stereocenters. The van der Waals surface area contributed by atoms with Crippen LogP contribution < -0.4 is 10.1 Å². The molecule has 1 aliphatic heterocycles. The largest absolute Gasteiger partial charge is 0.491 e. The van der Waals surface area contributed by atoms with Gasteiger partial charge in [0.15, 0.2) is 0 Å². The predicted octanol–water partition coefficient (Wildman–Crippen LogP) is 3.68. The zero-order valence-electron chi connectivity index (χ0n) is 11.9. The highest BCUT2D eigenvalue weighted by Crippen LogP contribution is 2.31. The van der Waals surface area contributed by atoms with E-state index in [0.717, 1.165) is 27.8 Å². The van der Waals surface area contributed by atoms with E-state index in [1.807, 2.05) is 48.5 Å². The van der Waals surface area contributed by atoms with E-state index >= 15 is 0 Å². The van der Waals surface area contributed by atoms with E-state index in [0.29, 0.717) is 6.61 Å². The normalized spacial score (nSPS) is 16.3. The maximum atomic E-state index is 11.9. The standard InChI is InChI=1S/C17H16BrNO3/c18-15-7-4-8-16-14(15)9-13(11-21-16)19-17(20)22-10-12-5-2-1-3-6-12/h1-8,13H,9-11H2,(H,19,20). The van der Waals surface area contributed by atoms with Gasteiger partial charge in [-0.3, -0.25) is 0 Å². The predicted molar refractivity (Wildman–Crippen MR) is 86.9 cm³/mol. The Kier molecular flexibility index (Phi) is 4.63. The summed E-state index contributed by atoms with van der Waals surface area (Å²) in [5.74, 6) is 0.866. The van der Waals surface area contributed by atoms with Gasteiger partial charge in [-0.05, 0) is 17.7 Å². The summed E-state index contributed by atoms with van der Waals surface area (Å²) in [5, 5.41) is 2.85. The first kappa shape index (κ1) is 14.9. The number of hydrogen-bond acceptors (Lipinski definition) is 3. The second kappa shape index (κ2) is 6.83. The summed E-state index contributed by atoms with van der Waals surface area (Å²) in [4.78, 5) is 11.9. The number of ether oxygens (including phenoxy) is 2. The zero-order valence-corrected chi connectivity index (χ0v) is 13.5. The summed E-state index contributed by atoms with van der Waals surface area (Å²) < 4.78 is 11.9. The fraction of sp³-hybridized carbons (Fsp3) is 0.235. The molecule has 0 spiro atoms. The molecule has 1 unspecified atom stereocenters. The summed E-state index contributed by atoms with van der Waals surface area (Å²) in [7, 11) is 0. The number of carbonyl (C=O) groups excluding carboxylic acids is 1. The number of halogens is 1. The van der Waals surface area contributed by atoms with Gasteiger partial charge >= 0.3 is 6.09 Å². The molecule has 1 N–H and O–H groups in total. The van der Waals surface area contributed by atoms with Crippen LogP contribution in [-0.4, -0.2) is 18.7 Å². The number of alkyl carbamates (subject to hydrolysis) is 1. The Morgan fingerprint density at radius 1 is 1.23 bits per heavy atom. The van der Waals surface area contributed by atoms with E-state index < -0.39 is 6.09 Å². The van der Waals surface area contributed by atoms with E-state index in [9.17, 15) is 4.79 Å². The molecule has 0 aromatic heterocycles. The molecule has 1 heterocycles. The van der Waals surface area contributed by atoms with Crippen LogP contribution in [0.4, 0.5) is 4.79 Å². The molecule has 0 saturated heterocycles. The highest BCUT2D eigenvalue weighted by molar-refractivity contribution is 9.10. The van der Waals surface area contributed by atoms with Crippen molar-refractivity contribution in [1.82, 2.24) is 5.32 Å². The number of amides is 1. The topological polar surface area (TPSA) is 47.6 Å². The third kappa shape index (κ3) is 3.60. The Labute approximate surface area is 137 Å². The number of hydrogen-bond donors (Lipinski definition) is 1. The van der Waals surface area contributed by atoms with Crippen molar-refractivity contribution in [2.24, 2.45) is 0 Å². The fourth-order valence-corrected chi connectivity index (χ4v) is 2.90. The Morgan fingerprint density at radius 3 is 2.86 bits per heavy atom. The molecule has 2 aromatic carbocycles. The van der Waals surface area contributed by atoms with Crippen molar-refractivity contribution < 1.29 is 14.3 Å². The van der Waals surface area contributed by atoms with Gasteiger partial charge in [0.2, 0.25) is 0 Å². The van der Waals surface area contributed by atoms with Crippen LogP contribution in [0, 0.1) is 0 Å². The number of rotatable bonds is 3. The Hall–Kier alpha value is -2.01. The van der Waals surface area contributed by atoms with Crippen LogP contribution in [0.3, 0.4) is 0 Å². The zero-order chi connectivity index (χ0) is 15.4. The SMILES string of the molecule is O=C(NC1COc2cccc(Br)c2C1)OCc1ccccc1. The lowest BCUT2D eigenvalue weighted by molar-refractivity contribution is 0.128. The van der Waals surface area contributed by atoms with Crippen LogP contribution in [-0.2, 0) is 17.8 Å². The average molecular weight is 362 g/mol. The molecule has 114 valence electrons. The molecular weight excluding hydrogens is 346 g/mol. The Bertz CT molecular complexity index is 660. The van der Waals surface area contributed by atoms with Crippen molar-refractivity contribution in [3.05, 3.63) is 64.1 Å². The molecule has 3 rings (SSSR count). The molecule has 2 aromatic rings. The first-order chi connectivity index (χ1) is 10.7. The second-order valence-corrected chi connectivity index (χ2v) is 5.99. The third-order valence-corrected chi connectivity index (χ3v) is 4.24. The van der Waals surface area contributed by atoms with Crippen LogP contribution >= 0.6 is 15.9 Å². The van der Waals surface area contributed by atoms with Crippen molar-refractivity contribution in [3.63, 3.8) is 0 Å². The van der Waals surface area contributed by atoms with Gasteiger partial charge in [0, 0.05) is 16.5 Å². The van der Waals surface area contributed by atoms with Crippen LogP contribution in [0.1, 0.15) is 11.1 Å². The van der Waals surface area contributed by atoms with E-state index in [1.54, 1.807) is 0 Å². The van der Waals surface area contributed by atoms with Crippen molar-refractivity contribution in [3.8, 4) is 5.75 Å². The average Bonchev–Trinajstić information content (AvgIpc) is 2.55. The van der Waals surface area contributed by atoms with Gasteiger partial charge in [-0.25, -0.2) is 4.79 Å². The van der Waals surface area contributed by atoms with Crippen molar-refractivity contribution in [2.45, 2.75) is 19.1 Å². The van der Waals surface area contributed by atoms with Gasteiger partial charge < -0.3 is 14.8 Å². The van der Waals surface area contributed by atoms with Crippen LogP contribution in [0.25, 0.3) is 0 Å². The Morgan fingerprint density at radius 2 is 2.05 bits per heavy atom. The number of nitrogens with one attached hydrogen (secondary N) is 1. The fourth-order valence-electron chi connectivity index (χ4n) is 2.39. The molecule has 4 nitrogen and oxygen atoms in total. The number of carbonyl (C=O) groups is 1. The van der Waals surface area contributed by atoms with Crippen molar-refractivity contribution in [2.75, 3.05) is 6.61 Å². The molecule has 1 amide bonds. The monoisotopic (exact) mass is 361 g/mol. The second-order valence-electron chi connectivity index (χ2n) is 5.13. The van der Waals surface area contributed by atoms with Gasteiger partial charge in [0.1, 0.15) is 19.0 Å². The highest BCUT2D eigenvalue weighted by Gasteiger charge is 2.23. The molecule has 22 heavy (non-hydrogen) atoms. The van der Waals surface area contributed by atoms with E-state index in [1.165, 1.54) is 0 Å². The lowest BCUT2D eigenvalue weighted by Crippen LogP contribution is -2.43. The lowest BCUT2D eigenvalue weighted by Gasteiger charge is -2.26.